The third-order valence-corrected chi connectivity index (χ3v) is 3.00. The van der Waals surface area contributed by atoms with E-state index in [-0.39, 0.29) is 12.8 Å². The van der Waals surface area contributed by atoms with Crippen LogP contribution in [0.15, 0.2) is 18.2 Å². The van der Waals surface area contributed by atoms with Gasteiger partial charge in [-0.2, -0.15) is 0 Å². The molecule has 20 heavy (non-hydrogen) atoms. The Morgan fingerprint density at radius 2 is 2.05 bits per heavy atom. The molecule has 0 aliphatic carbocycles. The van der Waals surface area contributed by atoms with Crippen LogP contribution in [0, 0.1) is 5.82 Å². The number of carboxylic acid groups (broad SMARTS) is 1. The first-order valence-corrected chi connectivity index (χ1v) is 6.09. The molecule has 1 aromatic carbocycles. The molecule has 0 spiro atoms. The van der Waals surface area contributed by atoms with E-state index in [0.717, 1.165) is 5.56 Å². The zero-order chi connectivity index (χ0) is 14.7. The molecule has 2 rings (SSSR count). The Hall–Kier alpha value is -2.44. The summed E-state index contributed by atoms with van der Waals surface area (Å²) in [5.41, 5.74) is 1.27. The molecular formula is C13H13FN2O4. The zero-order valence-electron chi connectivity index (χ0n) is 10.6. The summed E-state index contributed by atoms with van der Waals surface area (Å²) in [6.07, 6.45) is -0.0262. The third-order valence-electron chi connectivity index (χ3n) is 3.00. The molecule has 6 nitrogen and oxygen atoms in total. The lowest BCUT2D eigenvalue weighted by Crippen LogP contribution is -2.42. The summed E-state index contributed by atoms with van der Waals surface area (Å²) in [6.45, 7) is 0.358. The average Bonchev–Trinajstić information content (AvgIpc) is 2.79. The van der Waals surface area contributed by atoms with Gasteiger partial charge < -0.3 is 5.11 Å². The van der Waals surface area contributed by atoms with Gasteiger partial charge in [0.2, 0.25) is 5.91 Å². The fourth-order valence-electron chi connectivity index (χ4n) is 2.03. The Kier molecular flexibility index (Phi) is 3.97. The summed E-state index contributed by atoms with van der Waals surface area (Å²) in [7, 11) is 0. The number of nitrogens with zero attached hydrogens (tertiary/aromatic N) is 1. The van der Waals surface area contributed by atoms with Gasteiger partial charge in [0, 0.05) is 13.0 Å². The second-order valence-corrected chi connectivity index (χ2v) is 4.42. The van der Waals surface area contributed by atoms with E-state index in [1.807, 2.05) is 0 Å². The van der Waals surface area contributed by atoms with Crippen LogP contribution in [0.1, 0.15) is 18.4 Å². The third kappa shape index (κ3) is 3.11. The number of halogens is 1. The molecule has 0 atom stereocenters. The average molecular weight is 280 g/mol. The van der Waals surface area contributed by atoms with Gasteiger partial charge in [-0.1, -0.05) is 6.07 Å². The van der Waals surface area contributed by atoms with Gasteiger partial charge >= 0.3 is 12.0 Å². The van der Waals surface area contributed by atoms with Crippen molar-refractivity contribution in [1.29, 1.82) is 0 Å². The minimum absolute atomic E-state index is 0.273. The van der Waals surface area contributed by atoms with Gasteiger partial charge in [0.05, 0.1) is 12.1 Å². The number of imide groups is 1. The highest BCUT2D eigenvalue weighted by molar-refractivity contribution is 6.04. The van der Waals surface area contributed by atoms with Crippen molar-refractivity contribution >= 4 is 23.6 Å². The summed E-state index contributed by atoms with van der Waals surface area (Å²) in [5, 5.41) is 10.6. The fourth-order valence-corrected chi connectivity index (χ4v) is 2.03. The quantitative estimate of drug-likeness (QED) is 0.873. The van der Waals surface area contributed by atoms with Gasteiger partial charge in [-0.3, -0.25) is 19.8 Å². The van der Waals surface area contributed by atoms with E-state index < -0.39 is 23.7 Å². The molecule has 106 valence electrons. The number of amides is 3. The minimum Gasteiger partial charge on any atom is -0.481 e. The summed E-state index contributed by atoms with van der Waals surface area (Å²) in [6, 6.07) is 3.50. The Balaban J connectivity index is 2.00. The van der Waals surface area contributed by atoms with Crippen LogP contribution < -0.4 is 10.2 Å². The maximum Gasteiger partial charge on any atom is 0.328 e. The van der Waals surface area contributed by atoms with E-state index >= 15 is 0 Å². The SMILES string of the molecule is O=C(O)CCC(=O)NC(=O)N1CCc2ccc(F)cc21. The van der Waals surface area contributed by atoms with Crippen molar-refractivity contribution in [3.8, 4) is 0 Å². The molecule has 0 fully saturated rings. The predicted octanol–water partition coefficient (Wildman–Crippen LogP) is 1.29. The van der Waals surface area contributed by atoms with E-state index in [1.165, 1.54) is 17.0 Å². The normalized spacial score (nSPS) is 12.9. The number of nitrogens with one attached hydrogen (secondary N) is 1. The number of carbonyl (C=O) groups is 3. The largest absolute Gasteiger partial charge is 0.481 e. The Morgan fingerprint density at radius 1 is 1.30 bits per heavy atom. The number of carbonyl (C=O) groups excluding carboxylic acids is 2. The van der Waals surface area contributed by atoms with Gasteiger partial charge in [0.1, 0.15) is 5.82 Å². The molecule has 0 unspecified atom stereocenters. The number of anilines is 1. The number of benzene rings is 1. The second-order valence-electron chi connectivity index (χ2n) is 4.42. The van der Waals surface area contributed by atoms with Gasteiger partial charge in [0.25, 0.3) is 0 Å². The molecule has 0 bridgehead atoms. The van der Waals surface area contributed by atoms with Crippen molar-refractivity contribution in [2.45, 2.75) is 19.3 Å². The first-order valence-electron chi connectivity index (χ1n) is 6.09. The van der Waals surface area contributed by atoms with Crippen LogP contribution in [-0.2, 0) is 16.0 Å². The van der Waals surface area contributed by atoms with Crippen molar-refractivity contribution < 1.29 is 23.9 Å². The van der Waals surface area contributed by atoms with E-state index in [0.29, 0.717) is 18.7 Å². The first kappa shape index (κ1) is 14.0. The standard InChI is InChI=1S/C13H13FN2O4/c14-9-2-1-8-5-6-16(10(8)7-9)13(20)15-11(17)3-4-12(18)19/h1-2,7H,3-6H2,(H,18,19)(H,15,17,20). The highest BCUT2D eigenvalue weighted by Gasteiger charge is 2.26. The van der Waals surface area contributed by atoms with Gasteiger partial charge in [-0.25, -0.2) is 9.18 Å². The monoisotopic (exact) mass is 280 g/mol. The summed E-state index contributed by atoms with van der Waals surface area (Å²) < 4.78 is 13.2. The molecule has 1 heterocycles. The topological polar surface area (TPSA) is 86.7 Å². The first-order chi connectivity index (χ1) is 9.47. The van der Waals surface area contributed by atoms with E-state index in [1.54, 1.807) is 6.07 Å². The number of hydrogen-bond acceptors (Lipinski definition) is 3. The van der Waals surface area contributed by atoms with E-state index in [4.69, 9.17) is 5.11 Å². The smallest absolute Gasteiger partial charge is 0.328 e. The molecule has 3 amide bonds. The molecule has 7 heteroatoms. The highest BCUT2D eigenvalue weighted by Crippen LogP contribution is 2.28. The lowest BCUT2D eigenvalue weighted by molar-refractivity contribution is -0.138. The van der Waals surface area contributed by atoms with Crippen molar-refractivity contribution in [1.82, 2.24) is 5.32 Å². The summed E-state index contributed by atoms with van der Waals surface area (Å²) >= 11 is 0. The van der Waals surface area contributed by atoms with Crippen LogP contribution >= 0.6 is 0 Å². The molecule has 2 N–H and O–H groups in total. The van der Waals surface area contributed by atoms with Crippen molar-refractivity contribution in [3.05, 3.63) is 29.6 Å². The van der Waals surface area contributed by atoms with E-state index in [9.17, 15) is 18.8 Å². The maximum absolute atomic E-state index is 13.2. The summed E-state index contributed by atoms with van der Waals surface area (Å²) in [5.74, 6) is -2.23. The summed E-state index contributed by atoms with van der Waals surface area (Å²) in [4.78, 5) is 34.9. The molecular weight excluding hydrogens is 267 g/mol. The molecule has 1 aliphatic heterocycles. The Morgan fingerprint density at radius 3 is 2.75 bits per heavy atom. The van der Waals surface area contributed by atoms with Gasteiger partial charge in [-0.05, 0) is 24.1 Å². The highest BCUT2D eigenvalue weighted by atomic mass is 19.1. The second kappa shape index (κ2) is 5.68. The molecule has 1 aliphatic rings. The van der Waals surface area contributed by atoms with Crippen molar-refractivity contribution in [2.24, 2.45) is 0 Å². The number of fused-ring (bicyclic) bond motifs is 1. The minimum atomic E-state index is -1.11. The Labute approximate surface area is 114 Å². The molecule has 0 saturated heterocycles. The van der Waals surface area contributed by atoms with Crippen molar-refractivity contribution in [3.63, 3.8) is 0 Å². The van der Waals surface area contributed by atoms with Gasteiger partial charge in [-0.15, -0.1) is 0 Å². The predicted molar refractivity (Wildman–Crippen MR) is 67.9 cm³/mol. The van der Waals surface area contributed by atoms with Crippen molar-refractivity contribution in [2.75, 3.05) is 11.4 Å². The van der Waals surface area contributed by atoms with Crippen LogP contribution in [0.2, 0.25) is 0 Å². The van der Waals surface area contributed by atoms with Crippen LogP contribution in [0.4, 0.5) is 14.9 Å². The number of carboxylic acids is 1. The number of urea groups is 1. The maximum atomic E-state index is 13.2. The number of aliphatic carboxylic acids is 1. The van der Waals surface area contributed by atoms with Crippen LogP contribution in [0.5, 0.6) is 0 Å². The van der Waals surface area contributed by atoms with E-state index in [2.05, 4.69) is 5.32 Å². The molecule has 1 aromatic rings. The van der Waals surface area contributed by atoms with Crippen LogP contribution in [0.3, 0.4) is 0 Å². The lowest BCUT2D eigenvalue weighted by atomic mass is 10.2. The van der Waals surface area contributed by atoms with Gasteiger partial charge in [0.15, 0.2) is 0 Å². The Bertz CT molecular complexity index is 573. The zero-order valence-corrected chi connectivity index (χ0v) is 10.6. The lowest BCUT2D eigenvalue weighted by Gasteiger charge is -2.17. The molecule has 0 radical (unpaired) electrons. The number of hydrogen-bond donors (Lipinski definition) is 2. The molecule has 0 aromatic heterocycles. The van der Waals surface area contributed by atoms with Crippen LogP contribution in [-0.4, -0.2) is 29.6 Å². The van der Waals surface area contributed by atoms with Crippen LogP contribution in [0.25, 0.3) is 0 Å². The molecule has 0 saturated carbocycles. The number of rotatable bonds is 3. The fraction of sp³-hybridized carbons (Fsp3) is 0.308.